The van der Waals surface area contributed by atoms with Crippen LogP contribution in [0.25, 0.3) is 0 Å². The van der Waals surface area contributed by atoms with Crippen LogP contribution >= 0.6 is 0 Å². The van der Waals surface area contributed by atoms with Crippen LogP contribution in [0.15, 0.2) is 30.3 Å². The van der Waals surface area contributed by atoms with Crippen molar-refractivity contribution in [2.24, 2.45) is 5.92 Å². The molecule has 0 unspecified atom stereocenters. The van der Waals surface area contributed by atoms with Crippen molar-refractivity contribution >= 4 is 12.0 Å². The van der Waals surface area contributed by atoms with Crippen molar-refractivity contribution in [3.8, 4) is 5.75 Å². The molecule has 126 valence electrons. The Morgan fingerprint density at radius 3 is 2.74 bits per heavy atom. The minimum atomic E-state index is -0.564. The quantitative estimate of drug-likeness (QED) is 0.835. The molecule has 2 amide bonds. The van der Waals surface area contributed by atoms with E-state index >= 15 is 0 Å². The number of hydrogen-bond donors (Lipinski definition) is 1. The molecule has 1 aliphatic rings. The smallest absolute Gasteiger partial charge is 0.409 e. The summed E-state index contributed by atoms with van der Waals surface area (Å²) in [4.78, 5) is 25.5. The first-order chi connectivity index (χ1) is 11.1. The van der Waals surface area contributed by atoms with Crippen LogP contribution in [-0.2, 0) is 9.53 Å². The molecule has 1 atom stereocenters. The average Bonchev–Trinajstić information content (AvgIpc) is 2.55. The second kappa shape index (κ2) is 8.41. The van der Waals surface area contributed by atoms with Gasteiger partial charge in [0.2, 0.25) is 0 Å². The SMILES string of the molecule is CC(C)[C@H](Oc1ccccc1)C(=O)NCCN1CCCOC1=O. The summed E-state index contributed by atoms with van der Waals surface area (Å²) in [7, 11) is 0. The summed E-state index contributed by atoms with van der Waals surface area (Å²) in [5.41, 5.74) is 0. The third-order valence-electron chi connectivity index (χ3n) is 3.61. The van der Waals surface area contributed by atoms with E-state index in [4.69, 9.17) is 9.47 Å². The summed E-state index contributed by atoms with van der Waals surface area (Å²) >= 11 is 0. The third-order valence-corrected chi connectivity index (χ3v) is 3.61. The number of carbonyl (C=O) groups is 2. The molecule has 0 bridgehead atoms. The fraction of sp³-hybridized carbons (Fsp3) is 0.529. The molecule has 1 heterocycles. The average molecular weight is 320 g/mol. The number of cyclic esters (lactones) is 1. The summed E-state index contributed by atoms with van der Waals surface area (Å²) in [5, 5.41) is 2.84. The molecule has 1 aromatic carbocycles. The lowest BCUT2D eigenvalue weighted by Gasteiger charge is -2.27. The highest BCUT2D eigenvalue weighted by atomic mass is 16.6. The Bertz CT molecular complexity index is 519. The van der Waals surface area contributed by atoms with E-state index in [9.17, 15) is 9.59 Å². The Labute approximate surface area is 136 Å². The molecule has 2 rings (SSSR count). The first-order valence-corrected chi connectivity index (χ1v) is 7.99. The number of amides is 2. The van der Waals surface area contributed by atoms with Crippen molar-refractivity contribution in [2.45, 2.75) is 26.4 Å². The Balaban J connectivity index is 1.82. The van der Waals surface area contributed by atoms with Crippen LogP contribution in [0.3, 0.4) is 0 Å². The van der Waals surface area contributed by atoms with Gasteiger partial charge in [-0.25, -0.2) is 4.79 Å². The van der Waals surface area contributed by atoms with Crippen LogP contribution in [0.2, 0.25) is 0 Å². The zero-order valence-electron chi connectivity index (χ0n) is 13.7. The van der Waals surface area contributed by atoms with Crippen molar-refractivity contribution in [1.82, 2.24) is 10.2 Å². The van der Waals surface area contributed by atoms with E-state index in [1.165, 1.54) is 0 Å². The fourth-order valence-electron chi connectivity index (χ4n) is 2.35. The highest BCUT2D eigenvalue weighted by Crippen LogP contribution is 2.15. The number of rotatable bonds is 7. The van der Waals surface area contributed by atoms with Gasteiger partial charge < -0.3 is 19.7 Å². The maximum Gasteiger partial charge on any atom is 0.409 e. The molecule has 0 radical (unpaired) electrons. The summed E-state index contributed by atoms with van der Waals surface area (Å²) < 4.78 is 10.7. The van der Waals surface area contributed by atoms with Gasteiger partial charge in [0, 0.05) is 19.6 Å². The second-order valence-corrected chi connectivity index (χ2v) is 5.84. The predicted molar refractivity (Wildman–Crippen MR) is 86.2 cm³/mol. The van der Waals surface area contributed by atoms with E-state index in [2.05, 4.69) is 5.32 Å². The van der Waals surface area contributed by atoms with Crippen molar-refractivity contribution < 1.29 is 19.1 Å². The molecule has 1 saturated heterocycles. The van der Waals surface area contributed by atoms with Gasteiger partial charge in [-0.15, -0.1) is 0 Å². The molecule has 6 nitrogen and oxygen atoms in total. The van der Waals surface area contributed by atoms with Gasteiger partial charge in [0.1, 0.15) is 5.75 Å². The van der Waals surface area contributed by atoms with Gasteiger partial charge in [0.25, 0.3) is 5.91 Å². The first-order valence-electron chi connectivity index (χ1n) is 7.99. The van der Waals surface area contributed by atoms with Gasteiger partial charge in [0.15, 0.2) is 6.10 Å². The Kier molecular flexibility index (Phi) is 6.26. The van der Waals surface area contributed by atoms with Gasteiger partial charge in [-0.05, 0) is 24.5 Å². The summed E-state index contributed by atoms with van der Waals surface area (Å²) in [5.74, 6) is 0.533. The highest BCUT2D eigenvalue weighted by Gasteiger charge is 2.25. The topological polar surface area (TPSA) is 67.9 Å². The largest absolute Gasteiger partial charge is 0.480 e. The lowest BCUT2D eigenvalue weighted by Crippen LogP contribution is -2.46. The molecule has 0 aliphatic carbocycles. The number of nitrogens with zero attached hydrogens (tertiary/aromatic N) is 1. The summed E-state index contributed by atoms with van der Waals surface area (Å²) in [6.07, 6.45) is -0.0528. The lowest BCUT2D eigenvalue weighted by molar-refractivity contribution is -0.129. The van der Waals surface area contributed by atoms with Crippen molar-refractivity contribution in [1.29, 1.82) is 0 Å². The van der Waals surface area contributed by atoms with Gasteiger partial charge in [-0.3, -0.25) is 4.79 Å². The lowest BCUT2D eigenvalue weighted by atomic mass is 10.1. The molecule has 6 heteroatoms. The predicted octanol–water partition coefficient (Wildman–Crippen LogP) is 2.05. The standard InChI is InChI=1S/C17H24N2O4/c1-13(2)15(23-14-7-4-3-5-8-14)16(20)18-9-11-19-10-6-12-22-17(19)21/h3-5,7-8,13,15H,6,9-12H2,1-2H3,(H,18,20)/t15-/m0/s1. The van der Waals surface area contributed by atoms with Crippen LogP contribution in [0.5, 0.6) is 5.75 Å². The van der Waals surface area contributed by atoms with Crippen LogP contribution in [0.4, 0.5) is 4.79 Å². The molecular weight excluding hydrogens is 296 g/mol. The Hall–Kier alpha value is -2.24. The Morgan fingerprint density at radius 2 is 2.09 bits per heavy atom. The zero-order valence-corrected chi connectivity index (χ0v) is 13.7. The molecular formula is C17H24N2O4. The minimum Gasteiger partial charge on any atom is -0.480 e. The monoisotopic (exact) mass is 320 g/mol. The maximum atomic E-state index is 12.3. The van der Waals surface area contributed by atoms with Gasteiger partial charge in [0.05, 0.1) is 6.61 Å². The van der Waals surface area contributed by atoms with Gasteiger partial charge in [-0.1, -0.05) is 32.0 Å². The highest BCUT2D eigenvalue weighted by molar-refractivity contribution is 5.81. The van der Waals surface area contributed by atoms with E-state index in [0.717, 1.165) is 6.42 Å². The molecule has 0 spiro atoms. The van der Waals surface area contributed by atoms with Gasteiger partial charge in [-0.2, -0.15) is 0 Å². The van der Waals surface area contributed by atoms with E-state index in [1.807, 2.05) is 44.2 Å². The van der Waals surface area contributed by atoms with Crippen LogP contribution in [0, 0.1) is 5.92 Å². The molecule has 23 heavy (non-hydrogen) atoms. The number of nitrogens with one attached hydrogen (secondary N) is 1. The van der Waals surface area contributed by atoms with Crippen LogP contribution in [0.1, 0.15) is 20.3 Å². The van der Waals surface area contributed by atoms with E-state index < -0.39 is 6.10 Å². The normalized spacial score (nSPS) is 16.0. The maximum absolute atomic E-state index is 12.3. The van der Waals surface area contributed by atoms with Crippen molar-refractivity contribution in [3.05, 3.63) is 30.3 Å². The van der Waals surface area contributed by atoms with Gasteiger partial charge >= 0.3 is 6.09 Å². The molecule has 1 fully saturated rings. The second-order valence-electron chi connectivity index (χ2n) is 5.84. The number of para-hydroxylation sites is 1. The van der Waals surface area contributed by atoms with E-state index in [1.54, 1.807) is 4.90 Å². The fourth-order valence-corrected chi connectivity index (χ4v) is 2.35. The molecule has 1 aliphatic heterocycles. The third kappa shape index (κ3) is 5.16. The number of carbonyl (C=O) groups excluding carboxylic acids is 2. The van der Waals surface area contributed by atoms with Crippen LogP contribution in [-0.4, -0.2) is 49.2 Å². The summed E-state index contributed by atoms with van der Waals surface area (Å²) in [6.45, 7) is 5.85. The minimum absolute atomic E-state index is 0.0372. The zero-order chi connectivity index (χ0) is 16.7. The molecule has 0 aromatic heterocycles. The molecule has 1 N–H and O–H groups in total. The first kappa shape index (κ1) is 17.1. The number of ether oxygens (including phenoxy) is 2. The number of benzene rings is 1. The number of hydrogen-bond acceptors (Lipinski definition) is 4. The van der Waals surface area contributed by atoms with E-state index in [0.29, 0.717) is 32.0 Å². The van der Waals surface area contributed by atoms with Crippen molar-refractivity contribution in [3.63, 3.8) is 0 Å². The van der Waals surface area contributed by atoms with Crippen LogP contribution < -0.4 is 10.1 Å². The molecule has 0 saturated carbocycles. The Morgan fingerprint density at radius 1 is 1.35 bits per heavy atom. The molecule has 1 aromatic rings. The summed E-state index contributed by atoms with van der Waals surface area (Å²) in [6, 6.07) is 9.28. The van der Waals surface area contributed by atoms with E-state index in [-0.39, 0.29) is 17.9 Å². The van der Waals surface area contributed by atoms with Crippen molar-refractivity contribution in [2.75, 3.05) is 26.2 Å².